The van der Waals surface area contributed by atoms with Crippen LogP contribution in [0.1, 0.15) is 23.3 Å². The molecule has 136 valence electrons. The maximum atomic E-state index is 13.3. The highest BCUT2D eigenvalue weighted by atomic mass is 19.1. The van der Waals surface area contributed by atoms with Crippen LogP contribution in [0.4, 0.5) is 16.0 Å². The van der Waals surface area contributed by atoms with Crippen molar-refractivity contribution < 1.29 is 18.7 Å². The van der Waals surface area contributed by atoms with E-state index in [-0.39, 0.29) is 17.7 Å². The zero-order chi connectivity index (χ0) is 18.0. The third-order valence-electron chi connectivity index (χ3n) is 4.58. The standard InChI is InChI=1S/C18H19FN4O3/c19-13-2-1-3-14(12-13)21-17-20-7-4-15(22-17)16(24)23-8-5-18(6-9-23)25-10-11-26-18/h1-4,7,12H,5-6,8-11H2,(H,20,21,22). The van der Waals surface area contributed by atoms with E-state index in [0.29, 0.717) is 50.5 Å². The molecule has 7 nitrogen and oxygen atoms in total. The Morgan fingerprint density at radius 2 is 1.96 bits per heavy atom. The minimum absolute atomic E-state index is 0.164. The molecule has 2 saturated heterocycles. The number of halogens is 1. The lowest BCUT2D eigenvalue weighted by Gasteiger charge is -2.37. The molecular weight excluding hydrogens is 339 g/mol. The first-order valence-corrected chi connectivity index (χ1v) is 8.56. The van der Waals surface area contributed by atoms with Crippen molar-refractivity contribution in [3.63, 3.8) is 0 Å². The van der Waals surface area contributed by atoms with E-state index >= 15 is 0 Å². The van der Waals surface area contributed by atoms with Gasteiger partial charge in [-0.3, -0.25) is 4.79 Å². The highest BCUT2D eigenvalue weighted by molar-refractivity contribution is 5.92. The number of likely N-dealkylation sites (tertiary alicyclic amines) is 1. The van der Waals surface area contributed by atoms with E-state index in [1.54, 1.807) is 23.1 Å². The maximum Gasteiger partial charge on any atom is 0.272 e. The Balaban J connectivity index is 1.43. The first-order chi connectivity index (χ1) is 12.6. The van der Waals surface area contributed by atoms with Gasteiger partial charge in [0.2, 0.25) is 5.95 Å². The number of hydrogen-bond acceptors (Lipinski definition) is 6. The van der Waals surface area contributed by atoms with Gasteiger partial charge >= 0.3 is 0 Å². The Hall–Kier alpha value is -2.58. The lowest BCUT2D eigenvalue weighted by molar-refractivity contribution is -0.181. The van der Waals surface area contributed by atoms with Crippen molar-refractivity contribution in [3.8, 4) is 0 Å². The molecule has 0 saturated carbocycles. The second-order valence-electron chi connectivity index (χ2n) is 6.30. The smallest absolute Gasteiger partial charge is 0.272 e. The fourth-order valence-corrected chi connectivity index (χ4v) is 3.23. The average Bonchev–Trinajstić information content (AvgIpc) is 3.10. The predicted molar refractivity (Wildman–Crippen MR) is 91.5 cm³/mol. The number of carbonyl (C=O) groups excluding carboxylic acids is 1. The molecule has 3 heterocycles. The summed E-state index contributed by atoms with van der Waals surface area (Å²) in [5.74, 6) is -0.798. The fraction of sp³-hybridized carbons (Fsp3) is 0.389. The molecule has 26 heavy (non-hydrogen) atoms. The summed E-state index contributed by atoms with van der Waals surface area (Å²) in [6.45, 7) is 2.31. The molecule has 0 radical (unpaired) electrons. The predicted octanol–water partition coefficient (Wildman–Crippen LogP) is 2.34. The van der Waals surface area contributed by atoms with E-state index in [4.69, 9.17) is 9.47 Å². The van der Waals surface area contributed by atoms with E-state index in [1.807, 2.05) is 0 Å². The van der Waals surface area contributed by atoms with Gasteiger partial charge in [0.05, 0.1) is 13.2 Å². The minimum Gasteiger partial charge on any atom is -0.347 e. The number of amides is 1. The number of carbonyl (C=O) groups is 1. The number of nitrogens with one attached hydrogen (secondary N) is 1. The van der Waals surface area contributed by atoms with Crippen LogP contribution in [0.15, 0.2) is 36.5 Å². The first-order valence-electron chi connectivity index (χ1n) is 8.56. The van der Waals surface area contributed by atoms with Crippen LogP contribution < -0.4 is 5.32 Å². The van der Waals surface area contributed by atoms with Crippen molar-refractivity contribution in [3.05, 3.63) is 48.0 Å². The zero-order valence-corrected chi connectivity index (χ0v) is 14.2. The van der Waals surface area contributed by atoms with Crippen molar-refractivity contribution in [2.24, 2.45) is 0 Å². The molecule has 2 aliphatic heterocycles. The minimum atomic E-state index is -0.521. The maximum absolute atomic E-state index is 13.3. The summed E-state index contributed by atoms with van der Waals surface area (Å²) in [6, 6.07) is 7.55. The Kier molecular flexibility index (Phi) is 4.52. The van der Waals surface area contributed by atoms with E-state index in [9.17, 15) is 9.18 Å². The molecular formula is C18H19FN4O3. The molecule has 0 atom stereocenters. The van der Waals surface area contributed by atoms with Crippen molar-refractivity contribution >= 4 is 17.5 Å². The van der Waals surface area contributed by atoms with Crippen LogP contribution >= 0.6 is 0 Å². The molecule has 1 aromatic heterocycles. The highest BCUT2D eigenvalue weighted by Crippen LogP contribution is 2.31. The summed E-state index contributed by atoms with van der Waals surface area (Å²) in [5.41, 5.74) is 0.813. The Morgan fingerprint density at radius 3 is 2.69 bits per heavy atom. The lowest BCUT2D eigenvalue weighted by atomic mass is 10.0. The van der Waals surface area contributed by atoms with E-state index in [0.717, 1.165) is 0 Å². The van der Waals surface area contributed by atoms with Gasteiger partial charge in [-0.2, -0.15) is 0 Å². The molecule has 0 unspecified atom stereocenters. The molecule has 0 aliphatic carbocycles. The van der Waals surface area contributed by atoms with Crippen molar-refractivity contribution in [1.82, 2.24) is 14.9 Å². The summed E-state index contributed by atoms with van der Waals surface area (Å²) in [6.07, 6.45) is 2.81. The van der Waals surface area contributed by atoms with Gasteiger partial charge in [0.15, 0.2) is 5.79 Å². The van der Waals surface area contributed by atoms with Crippen LogP contribution in [-0.4, -0.2) is 52.9 Å². The van der Waals surface area contributed by atoms with Crippen LogP contribution in [0.5, 0.6) is 0 Å². The summed E-state index contributed by atoms with van der Waals surface area (Å²) >= 11 is 0. The Bertz CT molecular complexity index is 801. The van der Waals surface area contributed by atoms with Gasteiger partial charge in [0.1, 0.15) is 11.5 Å². The van der Waals surface area contributed by atoms with Gasteiger partial charge in [-0.25, -0.2) is 14.4 Å². The van der Waals surface area contributed by atoms with Gasteiger partial charge in [-0.1, -0.05) is 6.07 Å². The summed E-state index contributed by atoms with van der Waals surface area (Å²) in [5, 5.41) is 2.91. The van der Waals surface area contributed by atoms with E-state index in [1.165, 1.54) is 18.3 Å². The van der Waals surface area contributed by atoms with Crippen LogP contribution in [0.2, 0.25) is 0 Å². The van der Waals surface area contributed by atoms with Gasteiger partial charge in [0.25, 0.3) is 5.91 Å². The monoisotopic (exact) mass is 358 g/mol. The second kappa shape index (κ2) is 6.97. The van der Waals surface area contributed by atoms with Crippen molar-refractivity contribution in [1.29, 1.82) is 0 Å². The molecule has 1 amide bonds. The highest BCUT2D eigenvalue weighted by Gasteiger charge is 2.41. The third kappa shape index (κ3) is 3.51. The van der Waals surface area contributed by atoms with Crippen LogP contribution in [0.25, 0.3) is 0 Å². The summed E-state index contributed by atoms with van der Waals surface area (Å²) < 4.78 is 24.7. The largest absolute Gasteiger partial charge is 0.347 e. The normalized spacial score (nSPS) is 18.9. The number of ether oxygens (including phenoxy) is 2. The van der Waals surface area contributed by atoms with E-state index < -0.39 is 5.79 Å². The van der Waals surface area contributed by atoms with Gasteiger partial charge in [-0.15, -0.1) is 0 Å². The van der Waals surface area contributed by atoms with Crippen LogP contribution in [0, 0.1) is 5.82 Å². The lowest BCUT2D eigenvalue weighted by Crippen LogP contribution is -2.47. The molecule has 1 spiro atoms. The molecule has 1 N–H and O–H groups in total. The molecule has 8 heteroatoms. The topological polar surface area (TPSA) is 76.6 Å². The number of rotatable bonds is 3. The second-order valence-corrected chi connectivity index (χ2v) is 6.30. The van der Waals surface area contributed by atoms with Gasteiger partial charge in [-0.05, 0) is 24.3 Å². The first kappa shape index (κ1) is 16.9. The Labute approximate surface area is 150 Å². The summed E-state index contributed by atoms with van der Waals surface area (Å²) in [7, 11) is 0. The number of piperidine rings is 1. The molecule has 2 aromatic rings. The number of benzene rings is 1. The molecule has 2 fully saturated rings. The van der Waals surface area contributed by atoms with Crippen LogP contribution in [-0.2, 0) is 9.47 Å². The van der Waals surface area contributed by atoms with Crippen molar-refractivity contribution in [2.45, 2.75) is 18.6 Å². The van der Waals surface area contributed by atoms with Gasteiger partial charge < -0.3 is 19.7 Å². The fourth-order valence-electron chi connectivity index (χ4n) is 3.23. The average molecular weight is 358 g/mol. The number of nitrogens with zero attached hydrogens (tertiary/aromatic N) is 3. The molecule has 2 aliphatic rings. The SMILES string of the molecule is O=C(c1ccnc(Nc2cccc(F)c2)n1)N1CCC2(CC1)OCCO2. The van der Waals surface area contributed by atoms with Crippen LogP contribution in [0.3, 0.4) is 0 Å². The number of hydrogen-bond donors (Lipinski definition) is 1. The van der Waals surface area contributed by atoms with Crippen molar-refractivity contribution in [2.75, 3.05) is 31.6 Å². The molecule has 1 aromatic carbocycles. The third-order valence-corrected chi connectivity index (χ3v) is 4.58. The van der Waals surface area contributed by atoms with Gasteiger partial charge in [0, 0.05) is 37.8 Å². The number of aromatic nitrogens is 2. The molecule has 4 rings (SSSR count). The zero-order valence-electron chi connectivity index (χ0n) is 14.2. The Morgan fingerprint density at radius 1 is 1.19 bits per heavy atom. The molecule has 0 bridgehead atoms. The quantitative estimate of drug-likeness (QED) is 0.908. The summed E-state index contributed by atoms with van der Waals surface area (Å²) in [4.78, 5) is 22.8. The number of anilines is 2. The van der Waals surface area contributed by atoms with E-state index in [2.05, 4.69) is 15.3 Å².